The number of hydrogen-bond donors (Lipinski definition) is 4. The normalized spacial score (nSPS) is 11.6. The molecule has 0 unspecified atom stereocenters. The second-order valence-electron chi connectivity index (χ2n) is 3.50. The SMILES string of the molecule is NNc1cc(S(=O)(=O)O)cc2ccc(O)cc12. The van der Waals surface area contributed by atoms with Crippen LogP contribution in [0, 0.1) is 0 Å². The zero-order valence-electron chi connectivity index (χ0n) is 8.58. The van der Waals surface area contributed by atoms with E-state index in [4.69, 9.17) is 10.4 Å². The summed E-state index contributed by atoms with van der Waals surface area (Å²) in [6.45, 7) is 0. The van der Waals surface area contributed by atoms with Gasteiger partial charge in [0.05, 0.1) is 10.6 Å². The van der Waals surface area contributed by atoms with Gasteiger partial charge in [0, 0.05) is 5.39 Å². The number of benzene rings is 2. The molecule has 2 aromatic rings. The van der Waals surface area contributed by atoms with Crippen LogP contribution in [-0.2, 0) is 10.1 Å². The van der Waals surface area contributed by atoms with E-state index in [1.807, 2.05) is 0 Å². The third kappa shape index (κ3) is 2.16. The van der Waals surface area contributed by atoms with Crippen LogP contribution in [0.15, 0.2) is 35.2 Å². The zero-order valence-corrected chi connectivity index (χ0v) is 9.40. The first-order valence-corrected chi connectivity index (χ1v) is 6.07. The largest absolute Gasteiger partial charge is 0.508 e. The molecule has 0 heterocycles. The van der Waals surface area contributed by atoms with Crippen molar-refractivity contribution in [2.75, 3.05) is 5.43 Å². The molecule has 0 radical (unpaired) electrons. The molecule has 90 valence electrons. The number of hydrogen-bond acceptors (Lipinski definition) is 5. The van der Waals surface area contributed by atoms with Gasteiger partial charge in [0.2, 0.25) is 0 Å². The Morgan fingerprint density at radius 1 is 1.18 bits per heavy atom. The van der Waals surface area contributed by atoms with Crippen LogP contribution >= 0.6 is 0 Å². The standard InChI is InChI=1S/C10H10N2O4S/c11-12-10-5-8(17(14,15)16)3-6-1-2-7(13)4-9(6)10/h1-5,12-13H,11H2,(H,14,15,16). The van der Waals surface area contributed by atoms with Gasteiger partial charge in [-0.1, -0.05) is 6.07 Å². The molecule has 0 amide bonds. The van der Waals surface area contributed by atoms with Gasteiger partial charge in [0.1, 0.15) is 5.75 Å². The van der Waals surface area contributed by atoms with Gasteiger partial charge in [-0.3, -0.25) is 10.4 Å². The Morgan fingerprint density at radius 3 is 2.47 bits per heavy atom. The van der Waals surface area contributed by atoms with Crippen LogP contribution in [-0.4, -0.2) is 18.1 Å². The molecule has 0 fully saturated rings. The Balaban J connectivity index is 2.84. The summed E-state index contributed by atoms with van der Waals surface area (Å²) < 4.78 is 31.1. The Labute approximate surface area is 97.4 Å². The summed E-state index contributed by atoms with van der Waals surface area (Å²) in [7, 11) is -4.30. The van der Waals surface area contributed by atoms with E-state index in [-0.39, 0.29) is 10.6 Å². The highest BCUT2D eigenvalue weighted by Gasteiger charge is 2.13. The van der Waals surface area contributed by atoms with Crippen molar-refractivity contribution in [1.29, 1.82) is 0 Å². The van der Waals surface area contributed by atoms with Crippen molar-refractivity contribution < 1.29 is 18.1 Å². The molecule has 6 nitrogen and oxygen atoms in total. The van der Waals surface area contributed by atoms with E-state index in [2.05, 4.69) is 5.43 Å². The molecule has 0 atom stereocenters. The highest BCUT2D eigenvalue weighted by atomic mass is 32.2. The first kappa shape index (κ1) is 11.6. The quantitative estimate of drug-likeness (QED) is 0.362. The number of nitrogens with one attached hydrogen (secondary N) is 1. The molecule has 2 rings (SSSR count). The highest BCUT2D eigenvalue weighted by molar-refractivity contribution is 7.85. The minimum absolute atomic E-state index is 0.0357. The lowest BCUT2D eigenvalue weighted by Crippen LogP contribution is -2.08. The molecule has 0 aliphatic rings. The minimum atomic E-state index is -4.30. The minimum Gasteiger partial charge on any atom is -0.508 e. The lowest BCUT2D eigenvalue weighted by Gasteiger charge is -2.08. The van der Waals surface area contributed by atoms with E-state index in [0.717, 1.165) is 0 Å². The molecular weight excluding hydrogens is 244 g/mol. The number of nitrogens with two attached hydrogens (primary N) is 1. The third-order valence-corrected chi connectivity index (χ3v) is 3.20. The molecule has 7 heteroatoms. The van der Waals surface area contributed by atoms with Crippen LogP contribution in [0.2, 0.25) is 0 Å². The number of aromatic hydroxyl groups is 1. The van der Waals surface area contributed by atoms with Crippen LogP contribution in [0.25, 0.3) is 10.8 Å². The van der Waals surface area contributed by atoms with Crippen LogP contribution in [0.4, 0.5) is 5.69 Å². The maximum atomic E-state index is 11.0. The molecule has 0 saturated carbocycles. The zero-order chi connectivity index (χ0) is 12.6. The van der Waals surface area contributed by atoms with Gasteiger partial charge in [-0.15, -0.1) is 0 Å². The van der Waals surface area contributed by atoms with Crippen molar-refractivity contribution in [2.24, 2.45) is 5.84 Å². The molecule has 0 aliphatic heterocycles. The average molecular weight is 254 g/mol. The first-order chi connectivity index (χ1) is 7.91. The van der Waals surface area contributed by atoms with E-state index >= 15 is 0 Å². The van der Waals surface area contributed by atoms with Crippen molar-refractivity contribution in [3.63, 3.8) is 0 Å². The fourth-order valence-corrected chi connectivity index (χ4v) is 2.13. The van der Waals surface area contributed by atoms with Gasteiger partial charge in [0.25, 0.3) is 10.1 Å². The van der Waals surface area contributed by atoms with Crippen molar-refractivity contribution in [3.05, 3.63) is 30.3 Å². The number of nitrogen functional groups attached to an aromatic ring is 1. The molecule has 0 aliphatic carbocycles. The number of phenols is 1. The van der Waals surface area contributed by atoms with E-state index < -0.39 is 10.1 Å². The summed E-state index contributed by atoms with van der Waals surface area (Å²) in [4.78, 5) is -0.261. The monoisotopic (exact) mass is 254 g/mol. The van der Waals surface area contributed by atoms with Gasteiger partial charge in [0.15, 0.2) is 0 Å². The number of fused-ring (bicyclic) bond motifs is 1. The van der Waals surface area contributed by atoms with E-state index in [0.29, 0.717) is 16.5 Å². The third-order valence-electron chi connectivity index (χ3n) is 2.36. The van der Waals surface area contributed by atoms with Crippen LogP contribution in [0.1, 0.15) is 0 Å². The van der Waals surface area contributed by atoms with Gasteiger partial charge in [-0.05, 0) is 29.7 Å². The maximum absolute atomic E-state index is 11.0. The molecular formula is C10H10N2O4S. The summed E-state index contributed by atoms with van der Waals surface area (Å²) in [6, 6.07) is 6.87. The predicted molar refractivity (Wildman–Crippen MR) is 63.2 cm³/mol. The van der Waals surface area contributed by atoms with E-state index in [9.17, 15) is 13.5 Å². The predicted octanol–water partition coefficient (Wildman–Crippen LogP) is 1.08. The van der Waals surface area contributed by atoms with Gasteiger partial charge in [-0.25, -0.2) is 0 Å². The van der Waals surface area contributed by atoms with Gasteiger partial charge < -0.3 is 10.5 Å². The van der Waals surface area contributed by atoms with Gasteiger partial charge in [-0.2, -0.15) is 8.42 Å². The van der Waals surface area contributed by atoms with Crippen molar-refractivity contribution in [2.45, 2.75) is 4.90 Å². The highest BCUT2D eigenvalue weighted by Crippen LogP contribution is 2.29. The molecule has 0 bridgehead atoms. The van der Waals surface area contributed by atoms with Crippen LogP contribution < -0.4 is 11.3 Å². The molecule has 0 spiro atoms. The smallest absolute Gasteiger partial charge is 0.294 e. The summed E-state index contributed by atoms with van der Waals surface area (Å²) in [5, 5.41) is 10.4. The molecule has 0 saturated heterocycles. The second-order valence-corrected chi connectivity index (χ2v) is 4.92. The van der Waals surface area contributed by atoms with E-state index in [1.165, 1.54) is 30.3 Å². The summed E-state index contributed by atoms with van der Waals surface area (Å²) >= 11 is 0. The van der Waals surface area contributed by atoms with Crippen LogP contribution in [0.5, 0.6) is 5.75 Å². The second kappa shape index (κ2) is 3.88. The summed E-state index contributed by atoms with van der Waals surface area (Å²) in [5.74, 6) is 5.31. The lowest BCUT2D eigenvalue weighted by molar-refractivity contribution is 0.476. The van der Waals surface area contributed by atoms with Crippen molar-refractivity contribution in [3.8, 4) is 5.75 Å². The molecule has 17 heavy (non-hydrogen) atoms. The van der Waals surface area contributed by atoms with Crippen molar-refractivity contribution in [1.82, 2.24) is 0 Å². The topological polar surface area (TPSA) is 113 Å². The van der Waals surface area contributed by atoms with Crippen LogP contribution in [0.3, 0.4) is 0 Å². The summed E-state index contributed by atoms with van der Waals surface area (Å²) in [6.07, 6.45) is 0. The lowest BCUT2D eigenvalue weighted by atomic mass is 10.1. The summed E-state index contributed by atoms with van der Waals surface area (Å²) in [5.41, 5.74) is 2.62. The Kier molecular flexibility index (Phi) is 2.66. The average Bonchev–Trinajstić information content (AvgIpc) is 2.26. The Hall–Kier alpha value is -1.83. The molecule has 0 aromatic heterocycles. The Morgan fingerprint density at radius 2 is 1.88 bits per heavy atom. The first-order valence-electron chi connectivity index (χ1n) is 4.63. The number of anilines is 1. The number of hydrazine groups is 1. The maximum Gasteiger partial charge on any atom is 0.294 e. The molecule has 5 N–H and O–H groups in total. The number of phenolic OH excluding ortho intramolecular Hbond substituents is 1. The molecule has 2 aromatic carbocycles. The Bertz CT molecular complexity index is 682. The fourth-order valence-electron chi connectivity index (χ4n) is 1.59. The van der Waals surface area contributed by atoms with Gasteiger partial charge >= 0.3 is 0 Å². The van der Waals surface area contributed by atoms with E-state index in [1.54, 1.807) is 0 Å². The fraction of sp³-hybridized carbons (Fsp3) is 0. The van der Waals surface area contributed by atoms with Crippen molar-refractivity contribution >= 4 is 26.6 Å². The number of rotatable bonds is 2.